The highest BCUT2D eigenvalue weighted by atomic mass is 79.9. The van der Waals surface area contributed by atoms with Crippen LogP contribution in [0.5, 0.6) is 5.75 Å². The van der Waals surface area contributed by atoms with Crippen LogP contribution in [0, 0.1) is 5.92 Å². The van der Waals surface area contributed by atoms with Crippen LogP contribution in [0.2, 0.25) is 0 Å². The smallest absolute Gasteiger partial charge is 0.257 e. The maximum atomic E-state index is 12.5. The Morgan fingerprint density at radius 1 is 1.17 bits per heavy atom. The van der Waals surface area contributed by atoms with Crippen LogP contribution in [0.3, 0.4) is 0 Å². The van der Waals surface area contributed by atoms with Gasteiger partial charge in [-0.1, -0.05) is 13.8 Å². The van der Waals surface area contributed by atoms with Crippen molar-refractivity contribution in [1.29, 1.82) is 0 Å². The predicted molar refractivity (Wildman–Crippen MR) is 125 cm³/mol. The maximum Gasteiger partial charge on any atom is 0.257 e. The normalized spacial score (nSPS) is 11.4. The Balaban J connectivity index is 1.99. The number of carbonyl (C=O) groups is 1. The standard InChI is InChI=1S/C20H24BrN3O4S2/c1-13(2)12-28-18-10-5-14(11-17(18)21)19(25)23-20(29)22-15-6-8-16(9-7-15)30(26,27)24(3)4/h5-11,13H,12H2,1-4H3,(H2,22,23,25,29). The second-order valence-corrected chi connectivity index (χ2v) is 10.5. The first kappa shape index (κ1) is 24.3. The van der Waals surface area contributed by atoms with Gasteiger partial charge in [-0.3, -0.25) is 10.1 Å². The number of nitrogens with one attached hydrogen (secondary N) is 2. The number of anilines is 1. The zero-order chi connectivity index (χ0) is 22.5. The lowest BCUT2D eigenvalue weighted by Gasteiger charge is -2.13. The molecular weight excluding hydrogens is 490 g/mol. The number of ether oxygens (including phenoxy) is 1. The van der Waals surface area contributed by atoms with Crippen molar-refractivity contribution in [3.8, 4) is 5.75 Å². The van der Waals surface area contributed by atoms with E-state index in [9.17, 15) is 13.2 Å². The monoisotopic (exact) mass is 513 g/mol. The van der Waals surface area contributed by atoms with E-state index in [1.807, 2.05) is 0 Å². The lowest BCUT2D eigenvalue weighted by molar-refractivity contribution is 0.0977. The Bertz CT molecular complexity index is 1020. The Hall–Kier alpha value is -2.01. The van der Waals surface area contributed by atoms with E-state index in [4.69, 9.17) is 17.0 Å². The third-order valence-corrected chi connectivity index (χ3v) is 6.54. The second kappa shape index (κ2) is 10.3. The van der Waals surface area contributed by atoms with Crippen molar-refractivity contribution >= 4 is 54.9 Å². The van der Waals surface area contributed by atoms with Gasteiger partial charge in [0.25, 0.3) is 5.91 Å². The van der Waals surface area contributed by atoms with Gasteiger partial charge >= 0.3 is 0 Å². The average Bonchev–Trinajstić information content (AvgIpc) is 2.67. The van der Waals surface area contributed by atoms with Gasteiger partial charge in [0.05, 0.1) is 16.0 Å². The van der Waals surface area contributed by atoms with Crippen molar-refractivity contribution in [3.05, 3.63) is 52.5 Å². The average molecular weight is 514 g/mol. The number of hydrogen-bond donors (Lipinski definition) is 2. The summed E-state index contributed by atoms with van der Waals surface area (Å²) in [6, 6.07) is 11.1. The largest absolute Gasteiger partial charge is 0.492 e. The van der Waals surface area contributed by atoms with Gasteiger partial charge in [0.15, 0.2) is 5.11 Å². The van der Waals surface area contributed by atoms with Crippen molar-refractivity contribution in [2.45, 2.75) is 18.7 Å². The quantitative estimate of drug-likeness (QED) is 0.546. The minimum absolute atomic E-state index is 0.0967. The van der Waals surface area contributed by atoms with Gasteiger partial charge in [-0.25, -0.2) is 12.7 Å². The summed E-state index contributed by atoms with van der Waals surface area (Å²) in [5, 5.41) is 5.56. The molecule has 0 spiro atoms. The zero-order valence-electron chi connectivity index (χ0n) is 17.1. The van der Waals surface area contributed by atoms with Crippen LogP contribution in [-0.4, -0.2) is 44.4 Å². The van der Waals surface area contributed by atoms with E-state index in [2.05, 4.69) is 40.4 Å². The number of rotatable bonds is 7. The summed E-state index contributed by atoms with van der Waals surface area (Å²) in [6.45, 7) is 4.68. The minimum atomic E-state index is -3.51. The van der Waals surface area contributed by atoms with Crippen LogP contribution in [0.4, 0.5) is 5.69 Å². The molecule has 30 heavy (non-hydrogen) atoms. The number of carbonyl (C=O) groups excluding carboxylic acids is 1. The maximum absolute atomic E-state index is 12.5. The van der Waals surface area contributed by atoms with Crippen LogP contribution in [0.1, 0.15) is 24.2 Å². The number of sulfonamides is 1. The number of thiocarbonyl (C=S) groups is 1. The van der Waals surface area contributed by atoms with Crippen molar-refractivity contribution in [2.75, 3.05) is 26.0 Å². The third kappa shape index (κ3) is 6.49. The number of halogens is 1. The van der Waals surface area contributed by atoms with E-state index in [0.29, 0.717) is 34.0 Å². The van der Waals surface area contributed by atoms with Gasteiger partial charge in [-0.05, 0) is 76.5 Å². The molecule has 7 nitrogen and oxygen atoms in total. The Kier molecular flexibility index (Phi) is 8.36. The number of amides is 1. The lowest BCUT2D eigenvalue weighted by Crippen LogP contribution is -2.34. The molecule has 162 valence electrons. The second-order valence-electron chi connectivity index (χ2n) is 7.07. The van der Waals surface area contributed by atoms with Gasteiger partial charge in [0, 0.05) is 25.3 Å². The van der Waals surface area contributed by atoms with Gasteiger partial charge in [-0.15, -0.1) is 0 Å². The van der Waals surface area contributed by atoms with Crippen molar-refractivity contribution < 1.29 is 17.9 Å². The number of nitrogens with zero attached hydrogens (tertiary/aromatic N) is 1. The van der Waals surface area contributed by atoms with Gasteiger partial charge < -0.3 is 10.1 Å². The Morgan fingerprint density at radius 3 is 2.33 bits per heavy atom. The molecular formula is C20H24BrN3O4S2. The molecule has 0 bridgehead atoms. The molecule has 0 fully saturated rings. The molecule has 0 aromatic heterocycles. The number of hydrogen-bond acceptors (Lipinski definition) is 5. The summed E-state index contributed by atoms with van der Waals surface area (Å²) >= 11 is 8.60. The van der Waals surface area contributed by atoms with E-state index >= 15 is 0 Å². The van der Waals surface area contributed by atoms with Crippen molar-refractivity contribution in [2.24, 2.45) is 5.92 Å². The summed E-state index contributed by atoms with van der Waals surface area (Å²) in [5.74, 6) is 0.671. The Labute approximate surface area is 191 Å². The molecule has 2 aromatic rings. The van der Waals surface area contributed by atoms with E-state index in [-0.39, 0.29) is 15.9 Å². The van der Waals surface area contributed by atoms with E-state index in [1.165, 1.54) is 26.2 Å². The van der Waals surface area contributed by atoms with Gasteiger partial charge in [0.2, 0.25) is 10.0 Å². The summed E-state index contributed by atoms with van der Waals surface area (Å²) in [5.41, 5.74) is 0.965. The fraction of sp³-hybridized carbons (Fsp3) is 0.300. The minimum Gasteiger partial charge on any atom is -0.492 e. The molecule has 0 unspecified atom stereocenters. The lowest BCUT2D eigenvalue weighted by atomic mass is 10.2. The fourth-order valence-electron chi connectivity index (χ4n) is 2.27. The highest BCUT2D eigenvalue weighted by molar-refractivity contribution is 9.10. The third-order valence-electron chi connectivity index (χ3n) is 3.88. The molecule has 2 aromatic carbocycles. The molecule has 0 aliphatic rings. The molecule has 10 heteroatoms. The first-order valence-electron chi connectivity index (χ1n) is 9.08. The van der Waals surface area contributed by atoms with E-state index in [1.54, 1.807) is 30.3 Å². The van der Waals surface area contributed by atoms with Gasteiger partial charge in [-0.2, -0.15) is 0 Å². The summed E-state index contributed by atoms with van der Waals surface area (Å²) in [4.78, 5) is 12.6. The number of benzene rings is 2. The van der Waals surface area contributed by atoms with Gasteiger partial charge in [0.1, 0.15) is 5.75 Å². The summed E-state index contributed by atoms with van der Waals surface area (Å²) in [7, 11) is -0.574. The van der Waals surface area contributed by atoms with Crippen LogP contribution in [-0.2, 0) is 10.0 Å². The van der Waals surface area contributed by atoms with Crippen molar-refractivity contribution in [3.63, 3.8) is 0 Å². The fourth-order valence-corrected chi connectivity index (χ4v) is 3.88. The molecule has 1 amide bonds. The highest BCUT2D eigenvalue weighted by Crippen LogP contribution is 2.26. The molecule has 0 aliphatic heterocycles. The van der Waals surface area contributed by atoms with E-state index < -0.39 is 10.0 Å². The highest BCUT2D eigenvalue weighted by Gasteiger charge is 2.17. The zero-order valence-corrected chi connectivity index (χ0v) is 20.3. The Morgan fingerprint density at radius 2 is 1.80 bits per heavy atom. The molecule has 0 saturated heterocycles. The first-order chi connectivity index (χ1) is 14.0. The van der Waals surface area contributed by atoms with E-state index in [0.717, 1.165) is 4.31 Å². The van der Waals surface area contributed by atoms with Crippen molar-refractivity contribution in [1.82, 2.24) is 9.62 Å². The molecule has 0 saturated carbocycles. The molecule has 0 aliphatic carbocycles. The molecule has 0 atom stereocenters. The molecule has 2 N–H and O–H groups in total. The SMILES string of the molecule is CC(C)COc1ccc(C(=O)NC(=S)Nc2ccc(S(=O)(=O)N(C)C)cc2)cc1Br. The first-order valence-corrected chi connectivity index (χ1v) is 11.7. The molecule has 0 heterocycles. The molecule has 2 rings (SSSR count). The van der Waals surface area contributed by atoms with Crippen LogP contribution < -0.4 is 15.4 Å². The predicted octanol–water partition coefficient (Wildman–Crippen LogP) is 3.86. The molecule has 0 radical (unpaired) electrons. The van der Waals surface area contributed by atoms with Crippen LogP contribution in [0.25, 0.3) is 0 Å². The topological polar surface area (TPSA) is 87.7 Å². The van der Waals surface area contributed by atoms with Crippen LogP contribution in [0.15, 0.2) is 51.8 Å². The summed E-state index contributed by atoms with van der Waals surface area (Å²) in [6.07, 6.45) is 0. The summed E-state index contributed by atoms with van der Waals surface area (Å²) < 4.78 is 31.7. The van der Waals surface area contributed by atoms with Crippen LogP contribution >= 0.6 is 28.1 Å².